The first-order valence-electron chi connectivity index (χ1n) is 12.4. The summed E-state index contributed by atoms with van der Waals surface area (Å²) in [5, 5.41) is 5.19. The lowest BCUT2D eigenvalue weighted by atomic mass is 9.97. The first kappa shape index (κ1) is 24.5. The van der Waals surface area contributed by atoms with E-state index in [1.54, 1.807) is 17.0 Å². The van der Waals surface area contributed by atoms with Crippen LogP contribution in [0.25, 0.3) is 38.6 Å². The number of halogens is 1. The Morgan fingerprint density at radius 2 is 1.69 bits per heavy atom. The summed E-state index contributed by atoms with van der Waals surface area (Å²) in [5.74, 6) is 0.345. The van der Waals surface area contributed by atoms with Crippen molar-refractivity contribution >= 4 is 39.2 Å². The van der Waals surface area contributed by atoms with Crippen molar-refractivity contribution < 1.29 is 0 Å². The van der Waals surface area contributed by atoms with Gasteiger partial charge < -0.3 is 10.3 Å². The molecule has 0 radical (unpaired) electrons. The second-order valence-electron chi connectivity index (χ2n) is 9.19. The zero-order chi connectivity index (χ0) is 27.1. The van der Waals surface area contributed by atoms with Gasteiger partial charge in [0.1, 0.15) is 23.2 Å². The number of aromatic nitrogens is 5. The number of nitrogens with one attached hydrogen (secondary N) is 2. The van der Waals surface area contributed by atoms with Gasteiger partial charge in [0, 0.05) is 40.8 Å². The van der Waals surface area contributed by atoms with Gasteiger partial charge in [-0.3, -0.25) is 19.1 Å². The van der Waals surface area contributed by atoms with Gasteiger partial charge >= 0.3 is 0 Å². The van der Waals surface area contributed by atoms with E-state index in [1.165, 1.54) is 12.4 Å². The second-order valence-corrected chi connectivity index (χ2v) is 9.57. The third kappa shape index (κ3) is 4.15. The summed E-state index contributed by atoms with van der Waals surface area (Å²) < 4.78 is 1.63. The zero-order valence-corrected chi connectivity index (χ0v) is 21.9. The number of hydrogen-bond donors (Lipinski definition) is 2. The summed E-state index contributed by atoms with van der Waals surface area (Å²) in [5.41, 5.74) is 3.61. The van der Waals surface area contributed by atoms with Crippen LogP contribution in [0, 0.1) is 6.92 Å². The predicted octanol–water partition coefficient (Wildman–Crippen LogP) is 5.82. The van der Waals surface area contributed by atoms with Crippen molar-refractivity contribution in [3.05, 3.63) is 122 Å². The maximum atomic E-state index is 14.4. The summed E-state index contributed by atoms with van der Waals surface area (Å²) >= 11 is 7.16. The van der Waals surface area contributed by atoms with Gasteiger partial charge in [0.05, 0.1) is 22.1 Å². The Kier molecular flexibility index (Phi) is 6.17. The number of pyridine rings is 3. The number of H-pyrrole nitrogens is 1. The average Bonchev–Trinajstić information content (AvgIpc) is 2.95. The molecule has 0 unspecified atom stereocenters. The molecule has 6 rings (SSSR count). The van der Waals surface area contributed by atoms with Crippen LogP contribution in [-0.2, 0) is 0 Å². The highest BCUT2D eigenvalue weighted by atomic mass is 35.5. The number of aryl methyl sites for hydroxylation is 1. The van der Waals surface area contributed by atoms with Crippen molar-refractivity contribution in [2.45, 2.75) is 19.9 Å². The van der Waals surface area contributed by atoms with Crippen LogP contribution in [0.3, 0.4) is 0 Å². The van der Waals surface area contributed by atoms with Gasteiger partial charge in [-0.25, -0.2) is 9.97 Å². The highest BCUT2D eigenvalue weighted by Crippen LogP contribution is 2.37. The maximum Gasteiger partial charge on any atom is 0.263 e. The van der Waals surface area contributed by atoms with Gasteiger partial charge in [-0.2, -0.15) is 0 Å². The molecule has 0 aliphatic rings. The van der Waals surface area contributed by atoms with Gasteiger partial charge in [-0.15, -0.1) is 0 Å². The second kappa shape index (κ2) is 9.81. The molecule has 0 spiro atoms. The van der Waals surface area contributed by atoms with Gasteiger partial charge in [0.25, 0.3) is 5.56 Å². The van der Waals surface area contributed by atoms with Crippen LogP contribution in [0.2, 0.25) is 5.02 Å². The van der Waals surface area contributed by atoms with Crippen molar-refractivity contribution in [1.82, 2.24) is 24.5 Å². The lowest BCUT2D eigenvalue weighted by Gasteiger charge is -2.24. The first-order valence-corrected chi connectivity index (χ1v) is 12.8. The number of anilines is 1. The van der Waals surface area contributed by atoms with Gasteiger partial charge in [0.2, 0.25) is 0 Å². The quantitative estimate of drug-likeness (QED) is 0.289. The highest BCUT2D eigenvalue weighted by molar-refractivity contribution is 6.36. The number of benzene rings is 2. The molecule has 8 nitrogen and oxygen atoms in total. The standard InChI is InChI=1S/C30H23ClN6O2/c1-17-20(12-7-14-32-17)21-10-6-11-22-24(21)30(39)37(19-8-4-3-5-9-19)27(26(22)31)18(2)36-29-25-23(38)13-15-33-28(25)34-16-35-29/h3-16,18H,1-2H3,(H2,33,34,35,36,38)/t18-/m0/s1. The van der Waals surface area contributed by atoms with E-state index in [9.17, 15) is 9.59 Å². The molecule has 0 fully saturated rings. The average molecular weight is 535 g/mol. The van der Waals surface area contributed by atoms with E-state index in [0.29, 0.717) is 44.0 Å². The molecule has 4 aromatic heterocycles. The number of nitrogens with zero attached hydrogens (tertiary/aromatic N) is 4. The van der Waals surface area contributed by atoms with E-state index in [4.69, 9.17) is 11.6 Å². The number of fused-ring (bicyclic) bond motifs is 2. The van der Waals surface area contributed by atoms with E-state index in [2.05, 4.69) is 25.3 Å². The minimum atomic E-state index is -0.517. The van der Waals surface area contributed by atoms with E-state index in [0.717, 1.165) is 16.8 Å². The fourth-order valence-electron chi connectivity index (χ4n) is 5.02. The number of para-hydroxylation sites is 1. The molecule has 9 heteroatoms. The van der Waals surface area contributed by atoms with Crippen molar-refractivity contribution in [3.8, 4) is 16.8 Å². The molecule has 0 bridgehead atoms. The molecule has 1 atom stereocenters. The van der Waals surface area contributed by atoms with Gasteiger partial charge in [0.15, 0.2) is 5.43 Å². The minimum absolute atomic E-state index is 0.214. The third-order valence-corrected chi connectivity index (χ3v) is 7.20. The Morgan fingerprint density at radius 1 is 0.897 bits per heavy atom. The Hall–Kier alpha value is -4.82. The lowest BCUT2D eigenvalue weighted by Crippen LogP contribution is -2.27. The van der Waals surface area contributed by atoms with Gasteiger partial charge in [-0.05, 0) is 37.6 Å². The van der Waals surface area contributed by atoms with E-state index >= 15 is 0 Å². The van der Waals surface area contributed by atoms with Crippen LogP contribution in [-0.4, -0.2) is 24.5 Å². The van der Waals surface area contributed by atoms with Crippen LogP contribution >= 0.6 is 11.6 Å². The molecule has 6 aromatic rings. The molecule has 0 saturated heterocycles. The molecule has 2 aromatic carbocycles. The van der Waals surface area contributed by atoms with Crippen molar-refractivity contribution in [1.29, 1.82) is 0 Å². The third-order valence-electron chi connectivity index (χ3n) is 6.81. The fourth-order valence-corrected chi connectivity index (χ4v) is 5.43. The van der Waals surface area contributed by atoms with Crippen molar-refractivity contribution in [3.63, 3.8) is 0 Å². The molecular weight excluding hydrogens is 512 g/mol. The monoisotopic (exact) mass is 534 g/mol. The molecule has 0 aliphatic heterocycles. The number of aromatic amines is 1. The Labute approximate surface area is 228 Å². The molecule has 0 saturated carbocycles. The summed E-state index contributed by atoms with van der Waals surface area (Å²) in [6.45, 7) is 3.80. The number of rotatable bonds is 5. The molecule has 39 heavy (non-hydrogen) atoms. The zero-order valence-electron chi connectivity index (χ0n) is 21.1. The molecule has 0 amide bonds. The van der Waals surface area contributed by atoms with E-state index < -0.39 is 6.04 Å². The van der Waals surface area contributed by atoms with Crippen LogP contribution < -0.4 is 16.3 Å². The predicted molar refractivity (Wildman–Crippen MR) is 155 cm³/mol. The highest BCUT2D eigenvalue weighted by Gasteiger charge is 2.24. The van der Waals surface area contributed by atoms with Crippen LogP contribution in [0.1, 0.15) is 24.4 Å². The SMILES string of the molecule is Cc1ncccc1-c1cccc2c(Cl)c([C@H](C)Nc3ncnc4[nH]ccc(=O)c34)n(-c3ccccc3)c(=O)c12. The lowest BCUT2D eigenvalue weighted by molar-refractivity contribution is 0.774. The Bertz CT molecular complexity index is 1980. The van der Waals surface area contributed by atoms with Crippen LogP contribution in [0.4, 0.5) is 5.82 Å². The van der Waals surface area contributed by atoms with Crippen LogP contribution in [0.5, 0.6) is 0 Å². The Balaban J connectivity index is 1.63. The van der Waals surface area contributed by atoms with Crippen LogP contribution in [0.15, 0.2) is 95.0 Å². The maximum absolute atomic E-state index is 14.4. The normalized spacial score (nSPS) is 12.1. The summed E-state index contributed by atoms with van der Waals surface area (Å²) in [4.78, 5) is 43.0. The Morgan fingerprint density at radius 3 is 2.49 bits per heavy atom. The fraction of sp³-hybridized carbons (Fsp3) is 0.100. The number of hydrogen-bond acceptors (Lipinski definition) is 6. The summed E-state index contributed by atoms with van der Waals surface area (Å²) in [7, 11) is 0. The topological polar surface area (TPSA) is 106 Å². The van der Waals surface area contributed by atoms with E-state index in [1.807, 2.05) is 74.5 Å². The summed E-state index contributed by atoms with van der Waals surface area (Å²) in [6.07, 6.45) is 4.65. The molecular formula is C30H23ClN6O2. The van der Waals surface area contributed by atoms with Gasteiger partial charge in [-0.1, -0.05) is 54.1 Å². The molecule has 2 N–H and O–H groups in total. The molecule has 0 aliphatic carbocycles. The largest absolute Gasteiger partial charge is 0.361 e. The van der Waals surface area contributed by atoms with Crippen molar-refractivity contribution in [2.24, 2.45) is 0 Å². The molecule has 4 heterocycles. The van der Waals surface area contributed by atoms with Crippen molar-refractivity contribution in [2.75, 3.05) is 5.32 Å². The van der Waals surface area contributed by atoms with E-state index in [-0.39, 0.29) is 11.0 Å². The summed E-state index contributed by atoms with van der Waals surface area (Å²) in [6, 6.07) is 19.7. The smallest absolute Gasteiger partial charge is 0.263 e. The minimum Gasteiger partial charge on any atom is -0.361 e. The first-order chi connectivity index (χ1) is 19.0. The molecule has 192 valence electrons.